The Kier molecular flexibility index (Phi) is 4.62. The normalized spacial score (nSPS) is 11.9. The quantitative estimate of drug-likeness (QED) is 0.823. The molecule has 0 unspecified atom stereocenters. The molecule has 5 heteroatoms. The van der Waals surface area contributed by atoms with Gasteiger partial charge in [-0.2, -0.15) is 0 Å². The number of furan rings is 1. The number of hydrogen-bond donors (Lipinski definition) is 0. The lowest BCUT2D eigenvalue weighted by Gasteiger charge is -2.16. The van der Waals surface area contributed by atoms with Crippen LogP contribution in [0.1, 0.15) is 18.2 Å². The highest BCUT2D eigenvalue weighted by atomic mass is 32.2. The van der Waals surface area contributed by atoms with Crippen LogP contribution in [0.3, 0.4) is 0 Å². The van der Waals surface area contributed by atoms with Gasteiger partial charge in [0.15, 0.2) is 0 Å². The maximum Gasteiger partial charge on any atom is 0.242 e. The van der Waals surface area contributed by atoms with Gasteiger partial charge in [-0.25, -0.2) is 12.7 Å². The molecule has 0 aliphatic rings. The molecule has 0 radical (unpaired) electrons. The Hall–Kier alpha value is -1.59. The van der Waals surface area contributed by atoms with Gasteiger partial charge in [0.05, 0.1) is 11.2 Å². The summed E-state index contributed by atoms with van der Waals surface area (Å²) in [5, 5.41) is 0. The standard InChI is InChI=1S/C15H19NO3S/c1-3-13-6-8-15(9-7-13)20(17,18)16(2)11-10-14-5-4-12-19-14/h4-9,12H,3,10-11H2,1-2H3. The first-order valence-corrected chi connectivity index (χ1v) is 8.05. The molecule has 4 nitrogen and oxygen atoms in total. The van der Waals surface area contributed by atoms with Crippen molar-refractivity contribution in [1.29, 1.82) is 0 Å². The first-order valence-electron chi connectivity index (χ1n) is 6.61. The van der Waals surface area contributed by atoms with Gasteiger partial charge in [0.25, 0.3) is 0 Å². The molecule has 0 fully saturated rings. The minimum absolute atomic E-state index is 0.330. The Labute approximate surface area is 120 Å². The lowest BCUT2D eigenvalue weighted by atomic mass is 10.2. The SMILES string of the molecule is CCc1ccc(S(=O)(=O)N(C)CCc2ccco2)cc1. The Morgan fingerprint density at radius 2 is 1.85 bits per heavy atom. The van der Waals surface area contributed by atoms with Crippen molar-refractivity contribution < 1.29 is 12.8 Å². The van der Waals surface area contributed by atoms with Gasteiger partial charge in [-0.3, -0.25) is 0 Å². The molecule has 0 aliphatic carbocycles. The van der Waals surface area contributed by atoms with Gasteiger partial charge in [0, 0.05) is 20.0 Å². The molecule has 20 heavy (non-hydrogen) atoms. The fraction of sp³-hybridized carbons (Fsp3) is 0.333. The van der Waals surface area contributed by atoms with E-state index in [4.69, 9.17) is 4.42 Å². The van der Waals surface area contributed by atoms with E-state index < -0.39 is 10.0 Å². The monoisotopic (exact) mass is 293 g/mol. The van der Waals surface area contributed by atoms with Crippen molar-refractivity contribution in [3.63, 3.8) is 0 Å². The number of hydrogen-bond acceptors (Lipinski definition) is 3. The maximum atomic E-state index is 12.4. The number of sulfonamides is 1. The maximum absolute atomic E-state index is 12.4. The Bertz CT molecular complexity index is 630. The minimum atomic E-state index is -3.43. The second-order valence-electron chi connectivity index (χ2n) is 4.65. The van der Waals surface area contributed by atoms with Crippen molar-refractivity contribution in [3.8, 4) is 0 Å². The molecule has 108 valence electrons. The van der Waals surface area contributed by atoms with Crippen LogP contribution in [0.4, 0.5) is 0 Å². The lowest BCUT2D eigenvalue weighted by Crippen LogP contribution is -2.29. The van der Waals surface area contributed by atoms with Gasteiger partial charge >= 0.3 is 0 Å². The zero-order valence-electron chi connectivity index (χ0n) is 11.7. The summed E-state index contributed by atoms with van der Waals surface area (Å²) in [6.45, 7) is 2.43. The summed E-state index contributed by atoms with van der Waals surface area (Å²) in [5.41, 5.74) is 1.13. The molecule has 0 saturated heterocycles. The average Bonchev–Trinajstić information content (AvgIpc) is 2.98. The molecular weight excluding hydrogens is 274 g/mol. The van der Waals surface area contributed by atoms with E-state index in [-0.39, 0.29) is 0 Å². The van der Waals surface area contributed by atoms with Gasteiger partial charge < -0.3 is 4.42 Å². The minimum Gasteiger partial charge on any atom is -0.469 e. The molecule has 0 atom stereocenters. The van der Waals surface area contributed by atoms with Crippen LogP contribution in [0, 0.1) is 0 Å². The predicted octanol–water partition coefficient (Wildman–Crippen LogP) is 2.71. The zero-order chi connectivity index (χ0) is 14.6. The molecule has 1 aromatic heterocycles. The van der Waals surface area contributed by atoms with Gasteiger partial charge in [-0.15, -0.1) is 0 Å². The number of benzene rings is 1. The summed E-state index contributed by atoms with van der Waals surface area (Å²) < 4.78 is 31.3. The van der Waals surface area contributed by atoms with Crippen LogP contribution >= 0.6 is 0 Å². The Balaban J connectivity index is 2.07. The molecule has 0 amide bonds. The second kappa shape index (κ2) is 6.24. The molecule has 0 bridgehead atoms. The van der Waals surface area contributed by atoms with Crippen LogP contribution in [0.2, 0.25) is 0 Å². The summed E-state index contributed by atoms with van der Waals surface area (Å²) in [6.07, 6.45) is 3.05. The van der Waals surface area contributed by atoms with Crippen LogP contribution in [0.5, 0.6) is 0 Å². The van der Waals surface area contributed by atoms with Crippen molar-refractivity contribution in [3.05, 3.63) is 54.0 Å². The fourth-order valence-corrected chi connectivity index (χ4v) is 3.09. The predicted molar refractivity (Wildman–Crippen MR) is 78.0 cm³/mol. The van der Waals surface area contributed by atoms with E-state index in [9.17, 15) is 8.42 Å². The van der Waals surface area contributed by atoms with E-state index in [1.807, 2.05) is 25.1 Å². The van der Waals surface area contributed by atoms with Gasteiger partial charge in [0.1, 0.15) is 5.76 Å². The zero-order valence-corrected chi connectivity index (χ0v) is 12.6. The van der Waals surface area contributed by atoms with E-state index >= 15 is 0 Å². The fourth-order valence-electron chi connectivity index (χ4n) is 1.92. The van der Waals surface area contributed by atoms with Gasteiger partial charge in [-0.05, 0) is 36.2 Å². The van der Waals surface area contributed by atoms with Gasteiger partial charge in [-0.1, -0.05) is 19.1 Å². The molecule has 0 spiro atoms. The average molecular weight is 293 g/mol. The third kappa shape index (κ3) is 3.29. The van der Waals surface area contributed by atoms with E-state index in [2.05, 4.69) is 0 Å². The van der Waals surface area contributed by atoms with Crippen LogP contribution in [-0.4, -0.2) is 26.3 Å². The van der Waals surface area contributed by atoms with Gasteiger partial charge in [0.2, 0.25) is 10.0 Å². The Morgan fingerprint density at radius 3 is 2.40 bits per heavy atom. The second-order valence-corrected chi connectivity index (χ2v) is 6.70. The van der Waals surface area contributed by atoms with E-state index in [0.717, 1.165) is 17.7 Å². The van der Waals surface area contributed by atoms with Crippen LogP contribution in [0.15, 0.2) is 52.0 Å². The van der Waals surface area contributed by atoms with Crippen molar-refractivity contribution in [2.75, 3.05) is 13.6 Å². The van der Waals surface area contributed by atoms with Crippen LogP contribution in [0.25, 0.3) is 0 Å². The van der Waals surface area contributed by atoms with E-state index in [1.165, 1.54) is 4.31 Å². The molecule has 0 aliphatic heterocycles. The molecule has 1 aromatic carbocycles. The number of rotatable bonds is 6. The van der Waals surface area contributed by atoms with Crippen molar-refractivity contribution in [2.24, 2.45) is 0 Å². The molecule has 1 heterocycles. The van der Waals surface area contributed by atoms with Crippen LogP contribution in [-0.2, 0) is 22.9 Å². The number of likely N-dealkylation sites (N-methyl/N-ethyl adjacent to an activating group) is 1. The highest BCUT2D eigenvalue weighted by Crippen LogP contribution is 2.16. The van der Waals surface area contributed by atoms with Crippen LogP contribution < -0.4 is 0 Å². The molecule has 2 aromatic rings. The summed E-state index contributed by atoms with van der Waals surface area (Å²) >= 11 is 0. The van der Waals surface area contributed by atoms with E-state index in [1.54, 1.807) is 31.5 Å². The summed E-state index contributed by atoms with van der Waals surface area (Å²) in [6, 6.07) is 10.7. The first-order chi connectivity index (χ1) is 9.54. The molecule has 0 saturated carbocycles. The van der Waals surface area contributed by atoms with Crippen molar-refractivity contribution >= 4 is 10.0 Å². The highest BCUT2D eigenvalue weighted by molar-refractivity contribution is 7.89. The number of aryl methyl sites for hydroxylation is 1. The third-order valence-corrected chi connectivity index (χ3v) is 5.16. The van der Waals surface area contributed by atoms with E-state index in [0.29, 0.717) is 17.9 Å². The Morgan fingerprint density at radius 1 is 1.15 bits per heavy atom. The largest absolute Gasteiger partial charge is 0.469 e. The lowest BCUT2D eigenvalue weighted by molar-refractivity contribution is 0.441. The summed E-state index contributed by atoms with van der Waals surface area (Å²) in [5.74, 6) is 0.786. The third-order valence-electron chi connectivity index (χ3n) is 3.29. The topological polar surface area (TPSA) is 50.5 Å². The summed E-state index contributed by atoms with van der Waals surface area (Å²) in [4.78, 5) is 0.330. The molecule has 2 rings (SSSR count). The summed E-state index contributed by atoms with van der Waals surface area (Å²) in [7, 11) is -1.84. The van der Waals surface area contributed by atoms with Crippen molar-refractivity contribution in [2.45, 2.75) is 24.7 Å². The molecular formula is C15H19NO3S. The number of nitrogens with zero attached hydrogens (tertiary/aromatic N) is 1. The highest BCUT2D eigenvalue weighted by Gasteiger charge is 2.20. The smallest absolute Gasteiger partial charge is 0.242 e. The van der Waals surface area contributed by atoms with Crippen molar-refractivity contribution in [1.82, 2.24) is 4.31 Å². The first kappa shape index (κ1) is 14.8. The molecule has 0 N–H and O–H groups in total.